The Morgan fingerprint density at radius 3 is 2.59 bits per heavy atom. The Morgan fingerprint density at radius 1 is 1.24 bits per heavy atom. The van der Waals surface area contributed by atoms with Gasteiger partial charge in [-0.3, -0.25) is 4.79 Å². The molecule has 0 saturated heterocycles. The molecule has 2 aromatic rings. The average molecular weight is 350 g/mol. The van der Waals surface area contributed by atoms with Gasteiger partial charge in [0.05, 0.1) is 10.0 Å². The van der Waals surface area contributed by atoms with Crippen LogP contribution >= 0.6 is 50.5 Å². The molecule has 0 aliphatic heterocycles. The molecule has 0 N–H and O–H groups in total. The van der Waals surface area contributed by atoms with Crippen LogP contribution in [0.25, 0.3) is 0 Å². The molecule has 0 unspecified atom stereocenters. The summed E-state index contributed by atoms with van der Waals surface area (Å²) in [5, 5.41) is 4.70. The number of carbonyl (C=O) groups excluding carboxylic acids is 1. The molecule has 0 aliphatic carbocycles. The van der Waals surface area contributed by atoms with Gasteiger partial charge in [0.2, 0.25) is 0 Å². The Kier molecular flexibility index (Phi) is 4.26. The van der Waals surface area contributed by atoms with E-state index in [0.717, 1.165) is 10.0 Å². The Hall–Kier alpha value is -0.350. The average Bonchev–Trinajstić information content (AvgIpc) is 2.70. The van der Waals surface area contributed by atoms with E-state index in [2.05, 4.69) is 15.9 Å². The van der Waals surface area contributed by atoms with Gasteiger partial charge in [0.15, 0.2) is 5.78 Å². The van der Waals surface area contributed by atoms with Gasteiger partial charge in [0.1, 0.15) is 0 Å². The fourth-order valence-corrected chi connectivity index (χ4v) is 3.25. The zero-order valence-electron chi connectivity index (χ0n) is 8.54. The minimum absolute atomic E-state index is 0.0662. The molecule has 0 saturated carbocycles. The Balaban J connectivity index is 2.19. The lowest BCUT2D eigenvalue weighted by Crippen LogP contribution is -2.02. The fourth-order valence-electron chi connectivity index (χ4n) is 1.41. The zero-order valence-corrected chi connectivity index (χ0v) is 12.5. The molecule has 1 aromatic carbocycles. The number of halogens is 3. The van der Waals surface area contributed by atoms with E-state index < -0.39 is 0 Å². The van der Waals surface area contributed by atoms with Crippen molar-refractivity contribution in [2.75, 3.05) is 0 Å². The van der Waals surface area contributed by atoms with Crippen LogP contribution in [0.15, 0.2) is 33.4 Å². The van der Waals surface area contributed by atoms with Crippen LogP contribution in [0.4, 0.5) is 0 Å². The molecule has 1 aromatic heterocycles. The molecule has 0 bridgehead atoms. The normalized spacial score (nSPS) is 10.5. The maximum atomic E-state index is 12.0. The molecule has 1 heterocycles. The van der Waals surface area contributed by atoms with Crippen LogP contribution < -0.4 is 0 Å². The summed E-state index contributed by atoms with van der Waals surface area (Å²) in [7, 11) is 0. The molecule has 1 nitrogen and oxygen atoms in total. The fraction of sp³-hybridized carbons (Fsp3) is 0.0833. The van der Waals surface area contributed by atoms with Gasteiger partial charge in [-0.2, -0.15) is 11.3 Å². The summed E-state index contributed by atoms with van der Waals surface area (Å²) >= 11 is 16.6. The highest BCUT2D eigenvalue weighted by Crippen LogP contribution is 2.25. The number of hydrogen-bond donors (Lipinski definition) is 0. The molecule has 0 amide bonds. The molecule has 2 rings (SSSR count). The molecule has 17 heavy (non-hydrogen) atoms. The van der Waals surface area contributed by atoms with Gasteiger partial charge < -0.3 is 0 Å². The maximum absolute atomic E-state index is 12.0. The second-order valence-corrected chi connectivity index (χ2v) is 5.89. The summed E-state index contributed by atoms with van der Waals surface area (Å²) in [6, 6.07) is 5.24. The van der Waals surface area contributed by atoms with E-state index in [-0.39, 0.29) is 5.78 Å². The number of thiophene rings is 1. The minimum Gasteiger partial charge on any atom is -0.294 e. The first kappa shape index (κ1) is 13.1. The number of carbonyl (C=O) groups is 1. The molecule has 0 atom stereocenters. The van der Waals surface area contributed by atoms with Crippen molar-refractivity contribution >= 4 is 56.3 Å². The Labute approximate surface area is 121 Å². The van der Waals surface area contributed by atoms with E-state index in [1.165, 1.54) is 11.3 Å². The third kappa shape index (κ3) is 3.10. The van der Waals surface area contributed by atoms with Gasteiger partial charge in [-0.25, -0.2) is 0 Å². The molecule has 0 radical (unpaired) electrons. The lowest BCUT2D eigenvalue weighted by molar-refractivity contribution is 0.0993. The Morgan fingerprint density at radius 2 is 2.00 bits per heavy atom. The maximum Gasteiger partial charge on any atom is 0.169 e. The number of Topliss-reactive ketones (excluding diaryl/α,β-unsaturated/α-hetero) is 1. The van der Waals surface area contributed by atoms with Crippen molar-refractivity contribution in [2.45, 2.75) is 6.42 Å². The van der Waals surface area contributed by atoms with Crippen molar-refractivity contribution in [1.29, 1.82) is 0 Å². The number of ketones is 1. The van der Waals surface area contributed by atoms with Crippen molar-refractivity contribution in [3.63, 3.8) is 0 Å². The van der Waals surface area contributed by atoms with Crippen molar-refractivity contribution in [1.82, 2.24) is 0 Å². The zero-order chi connectivity index (χ0) is 12.4. The van der Waals surface area contributed by atoms with Gasteiger partial charge in [0.25, 0.3) is 0 Å². The van der Waals surface area contributed by atoms with Crippen LogP contribution in [-0.4, -0.2) is 5.78 Å². The highest BCUT2D eigenvalue weighted by atomic mass is 79.9. The summed E-state index contributed by atoms with van der Waals surface area (Å²) in [5.41, 5.74) is 1.57. The van der Waals surface area contributed by atoms with Crippen LogP contribution in [-0.2, 0) is 6.42 Å². The van der Waals surface area contributed by atoms with Crippen molar-refractivity contribution in [2.24, 2.45) is 0 Å². The highest BCUT2D eigenvalue weighted by molar-refractivity contribution is 9.10. The van der Waals surface area contributed by atoms with Gasteiger partial charge in [0, 0.05) is 27.2 Å². The molecular formula is C12H7BrCl2OS. The van der Waals surface area contributed by atoms with Gasteiger partial charge in [-0.15, -0.1) is 0 Å². The monoisotopic (exact) mass is 348 g/mol. The molecular weight excluding hydrogens is 343 g/mol. The van der Waals surface area contributed by atoms with Gasteiger partial charge in [-0.05, 0) is 33.6 Å². The predicted molar refractivity (Wildman–Crippen MR) is 76.5 cm³/mol. The predicted octanol–water partition coefficient (Wildman–Crippen LogP) is 5.24. The molecule has 0 fully saturated rings. The van der Waals surface area contributed by atoms with Crippen LogP contribution in [0.5, 0.6) is 0 Å². The van der Waals surface area contributed by atoms with Gasteiger partial charge in [-0.1, -0.05) is 29.3 Å². The third-order valence-corrected chi connectivity index (χ3v) is 4.71. The van der Waals surface area contributed by atoms with Crippen LogP contribution in [0.2, 0.25) is 10.0 Å². The summed E-state index contributed by atoms with van der Waals surface area (Å²) in [6.45, 7) is 0. The van der Waals surface area contributed by atoms with E-state index in [1.54, 1.807) is 12.1 Å². The number of hydrogen-bond acceptors (Lipinski definition) is 2. The van der Waals surface area contributed by atoms with Crippen molar-refractivity contribution in [3.8, 4) is 0 Å². The summed E-state index contributed by atoms with van der Waals surface area (Å²) < 4.78 is 0.840. The van der Waals surface area contributed by atoms with Crippen LogP contribution in [0, 0.1) is 0 Å². The first-order valence-electron chi connectivity index (χ1n) is 4.76. The first-order valence-corrected chi connectivity index (χ1v) is 7.26. The lowest BCUT2D eigenvalue weighted by atomic mass is 10.1. The molecule has 5 heteroatoms. The van der Waals surface area contributed by atoms with Crippen molar-refractivity contribution < 1.29 is 4.79 Å². The van der Waals surface area contributed by atoms with E-state index in [1.807, 2.05) is 16.8 Å². The lowest BCUT2D eigenvalue weighted by Gasteiger charge is -2.02. The summed E-state index contributed by atoms with van der Waals surface area (Å²) in [4.78, 5) is 12.0. The second-order valence-electron chi connectivity index (χ2n) is 3.48. The quantitative estimate of drug-likeness (QED) is 0.692. The number of rotatable bonds is 3. The highest BCUT2D eigenvalue weighted by Gasteiger charge is 2.12. The van der Waals surface area contributed by atoms with E-state index in [0.29, 0.717) is 22.0 Å². The first-order chi connectivity index (χ1) is 8.08. The SMILES string of the molecule is O=C(Cc1ccc(Cl)c(Cl)c1)c1cscc1Br. The summed E-state index contributed by atoms with van der Waals surface area (Å²) in [6.07, 6.45) is 0.326. The topological polar surface area (TPSA) is 17.1 Å². The number of benzene rings is 1. The smallest absolute Gasteiger partial charge is 0.169 e. The minimum atomic E-state index is 0.0662. The summed E-state index contributed by atoms with van der Waals surface area (Å²) in [5.74, 6) is 0.0662. The molecule has 0 aliphatic rings. The van der Waals surface area contributed by atoms with Crippen LogP contribution in [0.1, 0.15) is 15.9 Å². The standard InChI is InChI=1S/C12H7BrCl2OS/c13-9-6-17-5-8(9)12(16)4-7-1-2-10(14)11(15)3-7/h1-3,5-6H,4H2. The largest absolute Gasteiger partial charge is 0.294 e. The van der Waals surface area contributed by atoms with Crippen molar-refractivity contribution in [3.05, 3.63) is 54.6 Å². The van der Waals surface area contributed by atoms with E-state index in [4.69, 9.17) is 23.2 Å². The second kappa shape index (κ2) is 5.53. The van der Waals surface area contributed by atoms with Gasteiger partial charge >= 0.3 is 0 Å². The van der Waals surface area contributed by atoms with E-state index in [9.17, 15) is 4.79 Å². The van der Waals surface area contributed by atoms with Crippen LogP contribution in [0.3, 0.4) is 0 Å². The van der Waals surface area contributed by atoms with E-state index >= 15 is 0 Å². The third-order valence-electron chi connectivity index (χ3n) is 2.26. The molecule has 88 valence electrons. The molecule has 0 spiro atoms. The Bertz CT molecular complexity index is 565.